The summed E-state index contributed by atoms with van der Waals surface area (Å²) in [6, 6.07) is 0. The van der Waals surface area contributed by atoms with Gasteiger partial charge in [0.2, 0.25) is 10.0 Å². The van der Waals surface area contributed by atoms with Gasteiger partial charge in [0.25, 0.3) is 5.91 Å². The van der Waals surface area contributed by atoms with E-state index >= 15 is 0 Å². The third-order valence-electron chi connectivity index (χ3n) is 5.89. The van der Waals surface area contributed by atoms with Gasteiger partial charge in [0.15, 0.2) is 0 Å². The topological polar surface area (TPSA) is 143 Å². The monoisotopic (exact) mass is 454 g/mol. The van der Waals surface area contributed by atoms with Crippen LogP contribution in [0.5, 0.6) is 0 Å². The van der Waals surface area contributed by atoms with Crippen molar-refractivity contribution in [1.82, 2.24) is 19.5 Å². The number of hydrazine groups is 1. The number of hydrogen-bond donors (Lipinski definition) is 3. The van der Waals surface area contributed by atoms with Crippen LogP contribution in [0.2, 0.25) is 0 Å². The van der Waals surface area contributed by atoms with Crippen LogP contribution in [0.15, 0.2) is 34.3 Å². The smallest absolute Gasteiger partial charge is 0.272 e. The molecule has 4 rings (SSSR count). The third kappa shape index (κ3) is 4.72. The van der Waals surface area contributed by atoms with Crippen molar-refractivity contribution in [3.05, 3.63) is 34.3 Å². The van der Waals surface area contributed by atoms with Crippen LogP contribution in [0.4, 0.5) is 0 Å². The number of nitrogens with two attached hydrogens (primary N) is 2. The third-order valence-corrected chi connectivity index (χ3v) is 7.51. The molecule has 1 amide bonds. The molecule has 0 radical (unpaired) electrons. The molecule has 1 aliphatic carbocycles. The first-order valence-corrected chi connectivity index (χ1v) is 11.9. The highest BCUT2D eigenvalue weighted by atomic mass is 32.2. The number of amides is 1. The lowest BCUT2D eigenvalue weighted by Gasteiger charge is -2.38. The van der Waals surface area contributed by atoms with Crippen LogP contribution in [0.1, 0.15) is 19.8 Å². The van der Waals surface area contributed by atoms with Gasteiger partial charge in [-0.3, -0.25) is 9.80 Å². The summed E-state index contributed by atoms with van der Waals surface area (Å²) in [6.45, 7) is 5.63. The molecule has 11 nitrogen and oxygen atoms in total. The average molecular weight is 455 g/mol. The quantitative estimate of drug-likeness (QED) is 0.342. The normalized spacial score (nSPS) is 25.7. The number of carbonyl (C=O) groups is 1. The zero-order valence-electron chi connectivity index (χ0n) is 17.7. The number of nitrogens with one attached hydrogen (secondary N) is 1. The number of ether oxygens (including phenoxy) is 2. The fourth-order valence-corrected chi connectivity index (χ4v) is 5.18. The Morgan fingerprint density at radius 2 is 1.65 bits per heavy atom. The van der Waals surface area contributed by atoms with Crippen LogP contribution in [0.3, 0.4) is 0 Å². The Morgan fingerprint density at radius 3 is 2.23 bits per heavy atom. The number of rotatable bonds is 5. The van der Waals surface area contributed by atoms with Crippen molar-refractivity contribution in [3.8, 4) is 0 Å². The molecule has 3 aliphatic heterocycles. The molecule has 12 heteroatoms. The molecule has 0 aromatic carbocycles. The molecule has 0 atom stereocenters. The summed E-state index contributed by atoms with van der Waals surface area (Å²) < 4.78 is 39.7. The van der Waals surface area contributed by atoms with E-state index in [2.05, 4.69) is 4.72 Å². The van der Waals surface area contributed by atoms with Crippen LogP contribution in [0, 0.1) is 0 Å². The Labute approximate surface area is 182 Å². The molecule has 3 fully saturated rings. The van der Waals surface area contributed by atoms with Gasteiger partial charge in [-0.15, -0.1) is 0 Å². The zero-order chi connectivity index (χ0) is 22.2. The number of carbonyl (C=O) groups excluding carboxylic acids is 1. The van der Waals surface area contributed by atoms with Crippen molar-refractivity contribution < 1.29 is 22.7 Å². The largest absolute Gasteiger partial charge is 0.393 e. The van der Waals surface area contributed by atoms with Gasteiger partial charge >= 0.3 is 0 Å². The summed E-state index contributed by atoms with van der Waals surface area (Å²) in [5.41, 5.74) is 5.86. The second-order valence-corrected chi connectivity index (χ2v) is 10.1. The Bertz CT molecular complexity index is 927. The number of morpholine rings is 2. The van der Waals surface area contributed by atoms with E-state index < -0.39 is 21.5 Å². The molecule has 4 aliphatic rings. The highest BCUT2D eigenvalue weighted by Gasteiger charge is 2.42. The summed E-state index contributed by atoms with van der Waals surface area (Å²) in [6.07, 6.45) is 4.45. The number of allylic oxidation sites excluding steroid dienone is 2. The second-order valence-electron chi connectivity index (χ2n) is 8.39. The average Bonchev–Trinajstić information content (AvgIpc) is 3.49. The lowest BCUT2D eigenvalue weighted by atomic mass is 10.2. The Morgan fingerprint density at radius 1 is 1.06 bits per heavy atom. The van der Waals surface area contributed by atoms with E-state index in [1.807, 2.05) is 11.8 Å². The van der Waals surface area contributed by atoms with E-state index in [1.54, 1.807) is 4.90 Å². The predicted octanol–water partition coefficient (Wildman–Crippen LogP) is -1.27. The molecule has 2 saturated heterocycles. The number of nitrogens with zero attached hydrogens (tertiary/aromatic N) is 3. The van der Waals surface area contributed by atoms with Crippen molar-refractivity contribution in [3.63, 3.8) is 0 Å². The summed E-state index contributed by atoms with van der Waals surface area (Å²) in [4.78, 5) is 16.5. The van der Waals surface area contributed by atoms with Crippen LogP contribution >= 0.6 is 0 Å². The zero-order valence-corrected chi connectivity index (χ0v) is 18.5. The fourth-order valence-electron chi connectivity index (χ4n) is 3.68. The fraction of sp³-hybridized carbons (Fsp3) is 0.632. The van der Waals surface area contributed by atoms with E-state index in [-0.39, 0.29) is 16.3 Å². The lowest BCUT2D eigenvalue weighted by molar-refractivity contribution is -0.131. The molecule has 1 saturated carbocycles. The Kier molecular flexibility index (Phi) is 6.01. The van der Waals surface area contributed by atoms with Gasteiger partial charge in [0, 0.05) is 37.8 Å². The maximum absolute atomic E-state index is 13.1. The second kappa shape index (κ2) is 8.43. The standard InChI is InChI=1S/C19H30N6O5S/c1-19(2-3-19)22-31(27,28)14-12-15(17(20)18(26)24-6-10-30-11-7-24)25(21)16(13-14)23-4-8-29-9-5-23/h12-13,22H,2-11,20-21H2,1H3/b17-15-. The van der Waals surface area contributed by atoms with Crippen molar-refractivity contribution in [2.24, 2.45) is 11.6 Å². The van der Waals surface area contributed by atoms with Crippen LogP contribution < -0.4 is 16.3 Å². The van der Waals surface area contributed by atoms with Crippen molar-refractivity contribution in [2.75, 3.05) is 52.6 Å². The minimum absolute atomic E-state index is 0.0246. The molecule has 0 aromatic heterocycles. The van der Waals surface area contributed by atoms with E-state index in [1.165, 1.54) is 17.2 Å². The molecule has 0 spiro atoms. The summed E-state index contributed by atoms with van der Waals surface area (Å²) >= 11 is 0. The highest BCUT2D eigenvalue weighted by Crippen LogP contribution is 2.37. The summed E-state index contributed by atoms with van der Waals surface area (Å²) in [5, 5.41) is 1.29. The minimum Gasteiger partial charge on any atom is -0.393 e. The Balaban J connectivity index is 1.71. The van der Waals surface area contributed by atoms with E-state index in [4.69, 9.17) is 21.1 Å². The molecule has 5 N–H and O–H groups in total. The van der Waals surface area contributed by atoms with Crippen molar-refractivity contribution in [2.45, 2.75) is 25.3 Å². The van der Waals surface area contributed by atoms with Gasteiger partial charge in [-0.25, -0.2) is 19.0 Å². The lowest BCUT2D eigenvalue weighted by Crippen LogP contribution is -2.48. The van der Waals surface area contributed by atoms with Crippen molar-refractivity contribution in [1.29, 1.82) is 0 Å². The maximum Gasteiger partial charge on any atom is 0.272 e. The van der Waals surface area contributed by atoms with E-state index in [0.717, 1.165) is 12.8 Å². The van der Waals surface area contributed by atoms with E-state index in [0.29, 0.717) is 58.4 Å². The number of sulfonamides is 1. The molecule has 0 aromatic rings. The predicted molar refractivity (Wildman–Crippen MR) is 113 cm³/mol. The SMILES string of the molecule is CC1(NS(=O)(=O)C2=C/C(=C(/N)C(=O)N3CCOCC3)N(N)C(N3CCOCC3)=C2)CC1. The first kappa shape index (κ1) is 22.1. The summed E-state index contributed by atoms with van der Waals surface area (Å²) in [5.74, 6) is 6.42. The first-order valence-electron chi connectivity index (χ1n) is 10.4. The van der Waals surface area contributed by atoms with Crippen molar-refractivity contribution >= 4 is 15.9 Å². The molecular weight excluding hydrogens is 424 g/mol. The van der Waals surface area contributed by atoms with Crippen LogP contribution in [0.25, 0.3) is 0 Å². The summed E-state index contributed by atoms with van der Waals surface area (Å²) in [7, 11) is -3.83. The molecule has 31 heavy (non-hydrogen) atoms. The van der Waals surface area contributed by atoms with Gasteiger partial charge in [-0.05, 0) is 25.8 Å². The molecule has 0 bridgehead atoms. The van der Waals surface area contributed by atoms with Gasteiger partial charge in [0.1, 0.15) is 11.5 Å². The van der Waals surface area contributed by atoms with Gasteiger partial charge < -0.3 is 25.0 Å². The minimum atomic E-state index is -3.83. The van der Waals surface area contributed by atoms with Gasteiger partial charge in [-0.2, -0.15) is 0 Å². The Hall–Kier alpha value is -2.12. The van der Waals surface area contributed by atoms with Gasteiger partial charge in [-0.1, -0.05) is 0 Å². The van der Waals surface area contributed by atoms with Crippen LogP contribution in [-0.4, -0.2) is 87.3 Å². The maximum atomic E-state index is 13.1. The molecular formula is C19H30N6O5S. The van der Waals surface area contributed by atoms with E-state index in [9.17, 15) is 13.2 Å². The molecule has 3 heterocycles. The number of hydrogen-bond acceptors (Lipinski definition) is 9. The molecule has 172 valence electrons. The first-order chi connectivity index (χ1) is 14.7. The van der Waals surface area contributed by atoms with Crippen LogP contribution in [-0.2, 0) is 24.3 Å². The molecule has 0 unspecified atom stereocenters. The highest BCUT2D eigenvalue weighted by molar-refractivity contribution is 7.93. The van der Waals surface area contributed by atoms with Gasteiger partial charge in [0.05, 0.1) is 37.0 Å².